The second kappa shape index (κ2) is 14.2. The number of aliphatic imine (C=N–C) groups is 1. The predicted molar refractivity (Wildman–Crippen MR) is 163 cm³/mol. The molecule has 5 nitrogen and oxygen atoms in total. The van der Waals surface area contributed by atoms with Gasteiger partial charge in [0.15, 0.2) is 0 Å². The molecule has 6 heteroatoms. The van der Waals surface area contributed by atoms with E-state index in [1.807, 2.05) is 47.0 Å². The molecule has 1 radical (unpaired) electrons. The van der Waals surface area contributed by atoms with Crippen molar-refractivity contribution in [2.75, 3.05) is 27.2 Å². The summed E-state index contributed by atoms with van der Waals surface area (Å²) >= 11 is 0. The molecule has 227 valence electrons. The molecule has 0 heterocycles. The van der Waals surface area contributed by atoms with E-state index in [4.69, 9.17) is 0 Å². The van der Waals surface area contributed by atoms with Gasteiger partial charge in [-0.25, -0.2) is 0 Å². The second-order valence-corrected chi connectivity index (χ2v) is 14.8. The first-order valence-electron chi connectivity index (χ1n) is 13.8. The van der Waals surface area contributed by atoms with Crippen molar-refractivity contribution in [1.29, 1.82) is 0 Å². The average molecular weight is 600 g/mol. The average Bonchev–Trinajstić information content (AvgIpc) is 2.74. The van der Waals surface area contributed by atoms with Gasteiger partial charge in [0, 0.05) is 18.3 Å². The monoisotopic (exact) mass is 599 g/mol. The summed E-state index contributed by atoms with van der Waals surface area (Å²) in [6, 6.07) is 7.72. The van der Waals surface area contributed by atoms with Crippen LogP contribution in [0.3, 0.4) is 0 Å². The zero-order valence-electron chi connectivity index (χ0n) is 27.3. The summed E-state index contributed by atoms with van der Waals surface area (Å²) in [5.41, 5.74) is 4.32. The summed E-state index contributed by atoms with van der Waals surface area (Å²) in [5.74, 6) is -0.0328. The third-order valence-corrected chi connectivity index (χ3v) is 6.62. The summed E-state index contributed by atoms with van der Waals surface area (Å²) in [7, 11) is 4.04. The van der Waals surface area contributed by atoms with E-state index >= 15 is 0 Å². The standard InChI is InChI=1S/C19H32N2O.C15H22O2.Cu/c1-18(2,3)15-11-14(13-20-9-10-21(7)8)17(22)16(12-15)19(4,5)6;1-14(2,3)11-7-10(9-16)13(17)12(8-11)15(4,5)6;/h11-13,22H,9-10H2,1-8H3;7-9,17H,1-6H3;/q;;+2/p-2. The van der Waals surface area contributed by atoms with Gasteiger partial charge in [-0.2, -0.15) is 0 Å². The van der Waals surface area contributed by atoms with E-state index in [0.717, 1.165) is 17.7 Å². The molecule has 0 aliphatic carbocycles. The molecule has 0 unspecified atom stereocenters. The van der Waals surface area contributed by atoms with Gasteiger partial charge in [0.05, 0.1) is 6.54 Å². The predicted octanol–water partition coefficient (Wildman–Crippen LogP) is 6.50. The first kappa shape index (κ1) is 37.9. The van der Waals surface area contributed by atoms with Gasteiger partial charge in [-0.3, -0.25) is 9.79 Å². The molecule has 0 saturated heterocycles. The second-order valence-electron chi connectivity index (χ2n) is 14.8. The van der Waals surface area contributed by atoms with Gasteiger partial charge >= 0.3 is 17.1 Å². The van der Waals surface area contributed by atoms with Gasteiger partial charge in [0.1, 0.15) is 6.29 Å². The summed E-state index contributed by atoms with van der Waals surface area (Å²) in [4.78, 5) is 17.5. The van der Waals surface area contributed by atoms with E-state index in [1.165, 1.54) is 5.56 Å². The summed E-state index contributed by atoms with van der Waals surface area (Å²) < 4.78 is 0. The molecule has 0 aromatic heterocycles. The quantitative estimate of drug-likeness (QED) is 0.223. The number of carbonyl (C=O) groups excluding carboxylic acids is 1. The Balaban J connectivity index is 0.000000765. The molecule has 0 fully saturated rings. The Hall–Kier alpha value is -2.14. The van der Waals surface area contributed by atoms with Crippen LogP contribution < -0.4 is 10.2 Å². The number of carbonyl (C=O) groups is 1. The molecule has 0 bridgehead atoms. The molecule has 2 rings (SSSR count). The number of benzene rings is 2. The van der Waals surface area contributed by atoms with Gasteiger partial charge in [-0.05, 0) is 69.6 Å². The molecule has 0 amide bonds. The Labute approximate surface area is 255 Å². The Morgan fingerprint density at radius 3 is 1.38 bits per heavy atom. The number of likely N-dealkylation sites (N-methyl/N-ethyl adjacent to an activating group) is 1. The van der Waals surface area contributed by atoms with Crippen molar-refractivity contribution in [1.82, 2.24) is 4.90 Å². The van der Waals surface area contributed by atoms with Gasteiger partial charge in [-0.15, -0.1) is 0 Å². The van der Waals surface area contributed by atoms with Crippen molar-refractivity contribution in [2.45, 2.75) is 105 Å². The minimum atomic E-state index is -0.240. The molecule has 0 N–H and O–H groups in total. The number of aldehydes is 1. The zero-order valence-corrected chi connectivity index (χ0v) is 28.2. The Morgan fingerprint density at radius 2 is 1.05 bits per heavy atom. The van der Waals surface area contributed by atoms with E-state index in [-0.39, 0.29) is 55.8 Å². The van der Waals surface area contributed by atoms with Crippen LogP contribution in [-0.2, 0) is 38.7 Å². The molecule has 0 spiro atoms. The van der Waals surface area contributed by atoms with E-state index < -0.39 is 0 Å². The molecular weight excluding hydrogens is 548 g/mol. The van der Waals surface area contributed by atoms with Crippen LogP contribution in [0.15, 0.2) is 29.3 Å². The van der Waals surface area contributed by atoms with Crippen LogP contribution in [0.5, 0.6) is 11.5 Å². The van der Waals surface area contributed by atoms with Crippen molar-refractivity contribution >= 4 is 12.5 Å². The first-order valence-corrected chi connectivity index (χ1v) is 13.8. The van der Waals surface area contributed by atoms with Crippen LogP contribution in [0.4, 0.5) is 0 Å². The largest absolute Gasteiger partial charge is 2.00 e. The SMILES string of the molecule is CC(C)(C)c1cc(C=O)c([O-])c(C(C)(C)C)c1.CN(C)CCN=Cc1cc(C(C)(C)C)cc(C(C)(C)C)c1[O-].[Cu+2]. The third kappa shape index (κ3) is 11.0. The minimum Gasteiger partial charge on any atom is -0.872 e. The topological polar surface area (TPSA) is 78.8 Å². The molecule has 0 atom stereocenters. The first-order chi connectivity index (χ1) is 17.5. The molecule has 40 heavy (non-hydrogen) atoms. The summed E-state index contributed by atoms with van der Waals surface area (Å²) in [6.07, 6.45) is 2.41. The Kier molecular flexibility index (Phi) is 13.4. The van der Waals surface area contributed by atoms with Gasteiger partial charge in [0.2, 0.25) is 0 Å². The van der Waals surface area contributed by atoms with E-state index in [1.54, 1.807) is 12.3 Å². The maximum Gasteiger partial charge on any atom is 2.00 e. The van der Waals surface area contributed by atoms with Crippen molar-refractivity contribution in [3.63, 3.8) is 0 Å². The van der Waals surface area contributed by atoms with Crippen LogP contribution in [0.2, 0.25) is 0 Å². The fourth-order valence-corrected chi connectivity index (χ4v) is 3.89. The summed E-state index contributed by atoms with van der Waals surface area (Å²) in [5, 5.41) is 24.8. The van der Waals surface area contributed by atoms with Crippen molar-refractivity contribution in [2.24, 2.45) is 4.99 Å². The van der Waals surface area contributed by atoms with Gasteiger partial charge < -0.3 is 15.1 Å². The Bertz CT molecular complexity index is 1160. The number of nitrogens with zero attached hydrogens (tertiary/aromatic N) is 2. The minimum absolute atomic E-state index is 0. The number of rotatable bonds is 5. The number of hydrogen-bond donors (Lipinski definition) is 0. The van der Waals surface area contributed by atoms with Crippen molar-refractivity contribution in [3.8, 4) is 11.5 Å². The molecule has 0 aliphatic heterocycles. The van der Waals surface area contributed by atoms with Crippen LogP contribution >= 0.6 is 0 Å². The van der Waals surface area contributed by atoms with Crippen LogP contribution in [0.25, 0.3) is 0 Å². The molecule has 2 aromatic carbocycles. The molecule has 0 aliphatic rings. The maximum absolute atomic E-state index is 12.7. The van der Waals surface area contributed by atoms with Crippen molar-refractivity contribution < 1.29 is 32.1 Å². The molecule has 0 saturated carbocycles. The normalized spacial score (nSPS) is 12.7. The van der Waals surface area contributed by atoms with Crippen molar-refractivity contribution in [3.05, 3.63) is 57.6 Å². The third-order valence-electron chi connectivity index (χ3n) is 6.62. The van der Waals surface area contributed by atoms with Gasteiger partial charge in [0.25, 0.3) is 0 Å². The van der Waals surface area contributed by atoms with Crippen LogP contribution in [0.1, 0.15) is 121 Å². The van der Waals surface area contributed by atoms with E-state index in [0.29, 0.717) is 24.0 Å². The fourth-order valence-electron chi connectivity index (χ4n) is 3.89. The summed E-state index contributed by atoms with van der Waals surface area (Å²) in [6.45, 7) is 26.6. The molecular formula is C34H52CuN2O3. The molecule has 2 aromatic rings. The fraction of sp³-hybridized carbons (Fsp3) is 0.588. The van der Waals surface area contributed by atoms with E-state index in [9.17, 15) is 15.0 Å². The zero-order chi connectivity index (χ0) is 30.6. The van der Waals surface area contributed by atoms with Crippen LogP contribution in [-0.4, -0.2) is 44.6 Å². The maximum atomic E-state index is 12.7. The number of hydrogen-bond acceptors (Lipinski definition) is 5. The Morgan fingerprint density at radius 1 is 0.675 bits per heavy atom. The smallest absolute Gasteiger partial charge is 0.872 e. The van der Waals surface area contributed by atoms with E-state index in [2.05, 4.69) is 78.3 Å². The van der Waals surface area contributed by atoms with Gasteiger partial charge in [-0.1, -0.05) is 113 Å². The van der Waals surface area contributed by atoms with Crippen LogP contribution in [0, 0.1) is 0 Å².